The predicted molar refractivity (Wildman–Crippen MR) is 102 cm³/mol. The van der Waals surface area contributed by atoms with Gasteiger partial charge in [-0.15, -0.1) is 34.8 Å². The van der Waals surface area contributed by atoms with Gasteiger partial charge in [0.25, 0.3) is 0 Å². The van der Waals surface area contributed by atoms with E-state index in [0.29, 0.717) is 24.4 Å². The predicted octanol–water partition coefficient (Wildman–Crippen LogP) is 6.00. The van der Waals surface area contributed by atoms with Crippen molar-refractivity contribution in [3.8, 4) is 0 Å². The molecule has 6 atom stereocenters. The molecule has 0 spiro atoms. The maximum atomic E-state index is 11.7. The summed E-state index contributed by atoms with van der Waals surface area (Å²) in [6, 6.07) is 0. The first-order valence-corrected chi connectivity index (χ1v) is 10.6. The van der Waals surface area contributed by atoms with Crippen molar-refractivity contribution in [1.82, 2.24) is 0 Å². The number of fused-ring (bicyclic) bond motifs is 1. The van der Waals surface area contributed by atoms with Crippen molar-refractivity contribution in [1.29, 1.82) is 0 Å². The van der Waals surface area contributed by atoms with Crippen LogP contribution in [0.5, 0.6) is 0 Å². The molecule has 140 valence electrons. The zero-order valence-electron chi connectivity index (χ0n) is 15.1. The Morgan fingerprint density at radius 2 is 2.00 bits per heavy atom. The van der Waals surface area contributed by atoms with E-state index in [1.54, 1.807) is 0 Å². The van der Waals surface area contributed by atoms with E-state index >= 15 is 0 Å². The number of cyclic esters (lactones) is 1. The SMILES string of the molecule is CC(CCCC(C)(C)Cl)C(Cl)CCC1CC2COC(=O)C2CC1Cl. The van der Waals surface area contributed by atoms with Crippen molar-refractivity contribution in [3.05, 3.63) is 0 Å². The molecule has 1 heterocycles. The Kier molecular flexibility index (Phi) is 7.59. The fraction of sp³-hybridized carbons (Fsp3) is 0.947. The third-order valence-electron chi connectivity index (χ3n) is 5.77. The molecule has 2 aliphatic rings. The topological polar surface area (TPSA) is 26.3 Å². The molecule has 0 amide bonds. The average molecular weight is 398 g/mol. The van der Waals surface area contributed by atoms with Gasteiger partial charge in [-0.1, -0.05) is 13.3 Å². The average Bonchev–Trinajstić information content (AvgIpc) is 2.83. The quantitative estimate of drug-likeness (QED) is 0.370. The number of carbonyl (C=O) groups is 1. The second-order valence-electron chi connectivity index (χ2n) is 8.43. The van der Waals surface area contributed by atoms with Crippen molar-refractivity contribution in [2.24, 2.45) is 23.7 Å². The van der Waals surface area contributed by atoms with Crippen LogP contribution < -0.4 is 0 Å². The number of rotatable bonds is 8. The van der Waals surface area contributed by atoms with Crippen molar-refractivity contribution in [3.63, 3.8) is 0 Å². The van der Waals surface area contributed by atoms with Gasteiger partial charge in [-0.2, -0.15) is 0 Å². The van der Waals surface area contributed by atoms with Gasteiger partial charge in [-0.25, -0.2) is 0 Å². The standard InChI is InChI=1S/C19H31Cl3O2/c1-12(5-4-8-19(2,3)22)16(20)7-6-13-9-14-11-24-18(23)15(14)10-17(13)21/h12-17H,4-11H2,1-3H3. The summed E-state index contributed by atoms with van der Waals surface area (Å²) in [5, 5.41) is 0.264. The van der Waals surface area contributed by atoms with E-state index in [1.807, 2.05) is 0 Å². The Bertz CT molecular complexity index is 421. The van der Waals surface area contributed by atoms with Crippen LogP contribution in [0.25, 0.3) is 0 Å². The van der Waals surface area contributed by atoms with E-state index in [4.69, 9.17) is 39.5 Å². The van der Waals surface area contributed by atoms with E-state index in [9.17, 15) is 4.79 Å². The third kappa shape index (κ3) is 5.95. The van der Waals surface area contributed by atoms with E-state index < -0.39 is 0 Å². The number of alkyl halides is 3. The molecular weight excluding hydrogens is 367 g/mol. The first kappa shape index (κ1) is 20.6. The molecule has 0 radical (unpaired) electrons. The normalized spacial score (nSPS) is 33.0. The molecule has 0 aromatic heterocycles. The number of ether oxygens (including phenoxy) is 1. The lowest BCUT2D eigenvalue weighted by Crippen LogP contribution is -2.33. The lowest BCUT2D eigenvalue weighted by atomic mass is 9.73. The molecule has 2 nitrogen and oxygen atoms in total. The smallest absolute Gasteiger partial charge is 0.309 e. The molecule has 1 aliphatic heterocycles. The van der Waals surface area contributed by atoms with Crippen LogP contribution in [0, 0.1) is 23.7 Å². The van der Waals surface area contributed by atoms with Crippen LogP contribution in [0.15, 0.2) is 0 Å². The van der Waals surface area contributed by atoms with Crippen LogP contribution in [0.2, 0.25) is 0 Å². The van der Waals surface area contributed by atoms with Crippen molar-refractivity contribution < 1.29 is 9.53 Å². The first-order chi connectivity index (χ1) is 11.2. The summed E-state index contributed by atoms with van der Waals surface area (Å²) in [4.78, 5) is 11.6. The highest BCUT2D eigenvalue weighted by atomic mass is 35.5. The summed E-state index contributed by atoms with van der Waals surface area (Å²) in [7, 11) is 0. The summed E-state index contributed by atoms with van der Waals surface area (Å²) in [6.07, 6.45) is 7.06. The van der Waals surface area contributed by atoms with Crippen LogP contribution in [0.4, 0.5) is 0 Å². The summed E-state index contributed by atoms with van der Waals surface area (Å²) >= 11 is 19.4. The van der Waals surface area contributed by atoms with Crippen molar-refractivity contribution in [2.45, 2.75) is 81.3 Å². The van der Waals surface area contributed by atoms with Crippen LogP contribution in [0.3, 0.4) is 0 Å². The number of hydrogen-bond donors (Lipinski definition) is 0. The van der Waals surface area contributed by atoms with Gasteiger partial charge in [-0.3, -0.25) is 4.79 Å². The van der Waals surface area contributed by atoms with Gasteiger partial charge < -0.3 is 4.74 Å². The second-order valence-corrected chi connectivity index (χ2v) is 10.6. The number of halogens is 3. The van der Waals surface area contributed by atoms with Gasteiger partial charge in [-0.05, 0) is 64.2 Å². The molecule has 0 bridgehead atoms. The van der Waals surface area contributed by atoms with Gasteiger partial charge in [0.1, 0.15) is 0 Å². The third-order valence-corrected chi connectivity index (χ3v) is 7.14. The van der Waals surface area contributed by atoms with Crippen LogP contribution >= 0.6 is 34.8 Å². The van der Waals surface area contributed by atoms with E-state index in [1.165, 1.54) is 0 Å². The highest BCUT2D eigenvalue weighted by molar-refractivity contribution is 6.23. The minimum atomic E-state index is -0.118. The molecule has 0 aromatic rings. The Balaban J connectivity index is 1.71. The highest BCUT2D eigenvalue weighted by Crippen LogP contribution is 2.43. The lowest BCUT2D eigenvalue weighted by molar-refractivity contribution is -0.141. The molecule has 0 N–H and O–H groups in total. The Morgan fingerprint density at radius 1 is 1.29 bits per heavy atom. The second kappa shape index (κ2) is 8.82. The van der Waals surface area contributed by atoms with Gasteiger partial charge in [0.2, 0.25) is 0 Å². The van der Waals surface area contributed by atoms with E-state index in [0.717, 1.165) is 44.9 Å². The Morgan fingerprint density at radius 3 is 2.67 bits per heavy atom. The van der Waals surface area contributed by atoms with E-state index in [-0.39, 0.29) is 27.5 Å². The largest absolute Gasteiger partial charge is 0.465 e. The minimum Gasteiger partial charge on any atom is -0.465 e. The number of hydrogen-bond acceptors (Lipinski definition) is 2. The monoisotopic (exact) mass is 396 g/mol. The van der Waals surface area contributed by atoms with Gasteiger partial charge in [0, 0.05) is 21.5 Å². The molecule has 24 heavy (non-hydrogen) atoms. The van der Waals surface area contributed by atoms with Crippen molar-refractivity contribution in [2.75, 3.05) is 6.61 Å². The summed E-state index contributed by atoms with van der Waals surface area (Å²) in [5.74, 6) is 1.31. The van der Waals surface area contributed by atoms with Crippen molar-refractivity contribution >= 4 is 40.8 Å². The molecular formula is C19H31Cl3O2. The number of carbonyl (C=O) groups excluding carboxylic acids is 1. The molecule has 1 saturated carbocycles. The first-order valence-electron chi connectivity index (χ1n) is 9.31. The van der Waals surface area contributed by atoms with E-state index in [2.05, 4.69) is 20.8 Å². The summed E-state index contributed by atoms with van der Waals surface area (Å²) in [5.41, 5.74) is 0. The van der Waals surface area contributed by atoms with Gasteiger partial charge in [0.05, 0.1) is 12.5 Å². The molecule has 1 saturated heterocycles. The Labute approximate surface area is 161 Å². The summed E-state index contributed by atoms with van der Waals surface area (Å²) in [6.45, 7) is 6.94. The molecule has 2 rings (SSSR count). The zero-order valence-corrected chi connectivity index (χ0v) is 17.3. The van der Waals surface area contributed by atoms with Gasteiger partial charge in [0.15, 0.2) is 0 Å². The van der Waals surface area contributed by atoms with Crippen LogP contribution in [0.1, 0.15) is 65.7 Å². The highest BCUT2D eigenvalue weighted by Gasteiger charge is 2.44. The zero-order chi connectivity index (χ0) is 17.9. The fourth-order valence-electron chi connectivity index (χ4n) is 4.08. The minimum absolute atomic E-state index is 0.0355. The van der Waals surface area contributed by atoms with Gasteiger partial charge >= 0.3 is 5.97 Å². The van der Waals surface area contributed by atoms with Crippen LogP contribution in [-0.4, -0.2) is 28.2 Å². The number of esters is 1. The molecule has 0 aromatic carbocycles. The summed E-state index contributed by atoms with van der Waals surface area (Å²) < 4.78 is 5.20. The Hall–Kier alpha value is 0.340. The molecule has 6 unspecified atom stereocenters. The lowest BCUT2D eigenvalue weighted by Gasteiger charge is -2.34. The maximum absolute atomic E-state index is 11.7. The fourth-order valence-corrected chi connectivity index (χ4v) is 4.89. The maximum Gasteiger partial charge on any atom is 0.309 e. The molecule has 5 heteroatoms. The molecule has 2 fully saturated rings. The molecule has 1 aliphatic carbocycles. The van der Waals surface area contributed by atoms with Crippen LogP contribution in [-0.2, 0) is 9.53 Å².